The normalized spacial score (nSPS) is 13.1. The standard InChI is InChI=1S/C9H9BrN2O2S/c1-6(5-11)15(13,14)9-3-2-7(12)4-8(9)10/h2-4,6H,12H2,1H3. The summed E-state index contributed by atoms with van der Waals surface area (Å²) >= 11 is 3.11. The van der Waals surface area contributed by atoms with Gasteiger partial charge in [-0.1, -0.05) is 0 Å². The van der Waals surface area contributed by atoms with Gasteiger partial charge in [-0.2, -0.15) is 5.26 Å². The number of sulfone groups is 1. The van der Waals surface area contributed by atoms with Crippen LogP contribution in [0.5, 0.6) is 0 Å². The maximum Gasteiger partial charge on any atom is 0.195 e. The average Bonchev–Trinajstić information content (AvgIpc) is 2.15. The zero-order valence-corrected chi connectivity index (χ0v) is 10.3. The zero-order valence-electron chi connectivity index (χ0n) is 7.94. The fraction of sp³-hybridized carbons (Fsp3) is 0.222. The summed E-state index contributed by atoms with van der Waals surface area (Å²) in [6.07, 6.45) is 0. The van der Waals surface area contributed by atoms with Crippen LogP contribution in [0.4, 0.5) is 5.69 Å². The molecule has 0 heterocycles. The van der Waals surface area contributed by atoms with Gasteiger partial charge in [0.25, 0.3) is 0 Å². The van der Waals surface area contributed by atoms with Gasteiger partial charge < -0.3 is 5.73 Å². The molecule has 1 aromatic rings. The minimum absolute atomic E-state index is 0.0887. The van der Waals surface area contributed by atoms with E-state index in [-0.39, 0.29) is 4.90 Å². The Labute approximate surface area is 96.8 Å². The van der Waals surface area contributed by atoms with E-state index in [0.717, 1.165) is 0 Å². The van der Waals surface area contributed by atoms with Gasteiger partial charge in [0.1, 0.15) is 5.25 Å². The molecule has 1 aromatic carbocycles. The fourth-order valence-corrected chi connectivity index (χ4v) is 3.19. The SMILES string of the molecule is CC(C#N)S(=O)(=O)c1ccc(N)cc1Br. The van der Waals surface area contributed by atoms with E-state index in [2.05, 4.69) is 15.9 Å². The number of nitrogens with two attached hydrogens (primary N) is 1. The van der Waals surface area contributed by atoms with E-state index in [4.69, 9.17) is 11.0 Å². The van der Waals surface area contributed by atoms with Gasteiger partial charge in [-0.05, 0) is 41.1 Å². The van der Waals surface area contributed by atoms with Crippen molar-refractivity contribution in [3.8, 4) is 6.07 Å². The smallest absolute Gasteiger partial charge is 0.195 e. The molecule has 0 aliphatic heterocycles. The maximum atomic E-state index is 11.8. The highest BCUT2D eigenvalue weighted by atomic mass is 79.9. The Bertz CT molecular complexity index is 519. The number of benzene rings is 1. The number of anilines is 1. The maximum absolute atomic E-state index is 11.8. The van der Waals surface area contributed by atoms with Crippen LogP contribution in [0.2, 0.25) is 0 Å². The van der Waals surface area contributed by atoms with Crippen LogP contribution in [-0.4, -0.2) is 13.7 Å². The second-order valence-electron chi connectivity index (χ2n) is 3.01. The van der Waals surface area contributed by atoms with Gasteiger partial charge in [-0.15, -0.1) is 0 Å². The van der Waals surface area contributed by atoms with Crippen molar-refractivity contribution in [1.82, 2.24) is 0 Å². The van der Waals surface area contributed by atoms with Gasteiger partial charge in [-0.3, -0.25) is 0 Å². The molecule has 1 rings (SSSR count). The number of nitrogen functional groups attached to an aromatic ring is 1. The highest BCUT2D eigenvalue weighted by Crippen LogP contribution is 2.27. The molecule has 0 spiro atoms. The number of rotatable bonds is 2. The molecular weight excluding hydrogens is 280 g/mol. The first-order valence-corrected chi connectivity index (χ1v) is 6.42. The minimum atomic E-state index is -3.60. The predicted octanol–water partition coefficient (Wildman–Crippen LogP) is 1.72. The summed E-state index contributed by atoms with van der Waals surface area (Å²) in [5.41, 5.74) is 5.95. The lowest BCUT2D eigenvalue weighted by Gasteiger charge is -2.08. The number of halogens is 1. The Kier molecular flexibility index (Phi) is 3.37. The van der Waals surface area contributed by atoms with Crippen molar-refractivity contribution in [2.24, 2.45) is 0 Å². The Hall–Kier alpha value is -1.06. The van der Waals surface area contributed by atoms with E-state index in [0.29, 0.717) is 10.2 Å². The molecule has 0 aliphatic carbocycles. The van der Waals surface area contributed by atoms with Gasteiger partial charge in [0.2, 0.25) is 0 Å². The molecule has 0 amide bonds. The Morgan fingerprint density at radius 1 is 1.53 bits per heavy atom. The van der Waals surface area contributed by atoms with Gasteiger partial charge in [-0.25, -0.2) is 8.42 Å². The first kappa shape index (κ1) is 12.0. The summed E-state index contributed by atoms with van der Waals surface area (Å²) in [7, 11) is -3.60. The third-order valence-electron chi connectivity index (χ3n) is 1.91. The van der Waals surface area contributed by atoms with Crippen LogP contribution < -0.4 is 5.73 Å². The van der Waals surface area contributed by atoms with E-state index in [1.165, 1.54) is 25.1 Å². The molecule has 15 heavy (non-hydrogen) atoms. The minimum Gasteiger partial charge on any atom is -0.399 e. The Balaban J connectivity index is 3.36. The molecule has 0 saturated carbocycles. The first-order chi connectivity index (χ1) is 6.89. The lowest BCUT2D eigenvalue weighted by atomic mass is 10.3. The molecule has 0 radical (unpaired) electrons. The van der Waals surface area contributed by atoms with Crippen molar-refractivity contribution >= 4 is 31.5 Å². The van der Waals surface area contributed by atoms with Crippen LogP contribution in [-0.2, 0) is 9.84 Å². The molecule has 6 heteroatoms. The fourth-order valence-electron chi connectivity index (χ4n) is 1.01. The second kappa shape index (κ2) is 4.21. The quantitative estimate of drug-likeness (QED) is 0.840. The topological polar surface area (TPSA) is 84.0 Å². The van der Waals surface area contributed by atoms with Gasteiger partial charge >= 0.3 is 0 Å². The largest absolute Gasteiger partial charge is 0.399 e. The van der Waals surface area contributed by atoms with Gasteiger partial charge in [0, 0.05) is 10.2 Å². The predicted molar refractivity (Wildman–Crippen MR) is 60.8 cm³/mol. The third kappa shape index (κ3) is 2.30. The molecular formula is C9H9BrN2O2S. The highest BCUT2D eigenvalue weighted by molar-refractivity contribution is 9.10. The first-order valence-electron chi connectivity index (χ1n) is 4.08. The van der Waals surface area contributed by atoms with Crippen LogP contribution in [0.25, 0.3) is 0 Å². The molecule has 1 unspecified atom stereocenters. The van der Waals surface area contributed by atoms with Crippen LogP contribution in [0.1, 0.15) is 6.92 Å². The van der Waals surface area contributed by atoms with Gasteiger partial charge in [0.05, 0.1) is 11.0 Å². The Morgan fingerprint density at radius 2 is 2.13 bits per heavy atom. The molecule has 0 aromatic heterocycles. The molecule has 0 fully saturated rings. The number of nitrogens with zero attached hydrogens (tertiary/aromatic N) is 1. The van der Waals surface area contributed by atoms with Gasteiger partial charge in [0.15, 0.2) is 9.84 Å². The van der Waals surface area contributed by atoms with Crippen LogP contribution in [0, 0.1) is 11.3 Å². The van der Waals surface area contributed by atoms with Crippen LogP contribution in [0.3, 0.4) is 0 Å². The second-order valence-corrected chi connectivity index (χ2v) is 6.10. The number of hydrogen-bond donors (Lipinski definition) is 1. The van der Waals surface area contributed by atoms with E-state index in [9.17, 15) is 8.42 Å². The van der Waals surface area contributed by atoms with E-state index in [1.807, 2.05) is 0 Å². The van der Waals surface area contributed by atoms with Crippen molar-refractivity contribution in [2.45, 2.75) is 17.1 Å². The average molecular weight is 289 g/mol. The van der Waals surface area contributed by atoms with E-state index >= 15 is 0 Å². The van der Waals surface area contributed by atoms with Crippen molar-refractivity contribution in [3.63, 3.8) is 0 Å². The molecule has 80 valence electrons. The van der Waals surface area contributed by atoms with Crippen molar-refractivity contribution in [3.05, 3.63) is 22.7 Å². The summed E-state index contributed by atoms with van der Waals surface area (Å²) in [6.45, 7) is 1.35. The monoisotopic (exact) mass is 288 g/mol. The number of nitriles is 1. The third-order valence-corrected chi connectivity index (χ3v) is 4.83. The molecule has 1 atom stereocenters. The highest BCUT2D eigenvalue weighted by Gasteiger charge is 2.25. The number of hydrogen-bond acceptors (Lipinski definition) is 4. The summed E-state index contributed by atoms with van der Waals surface area (Å²) in [6, 6.07) is 6.08. The molecule has 0 saturated heterocycles. The van der Waals surface area contributed by atoms with E-state index in [1.54, 1.807) is 6.07 Å². The molecule has 2 N–H and O–H groups in total. The van der Waals surface area contributed by atoms with Crippen molar-refractivity contribution in [2.75, 3.05) is 5.73 Å². The zero-order chi connectivity index (χ0) is 11.6. The molecule has 0 aliphatic rings. The van der Waals surface area contributed by atoms with Crippen molar-refractivity contribution < 1.29 is 8.42 Å². The summed E-state index contributed by atoms with van der Waals surface area (Å²) < 4.78 is 24.0. The molecule has 4 nitrogen and oxygen atoms in total. The summed E-state index contributed by atoms with van der Waals surface area (Å²) in [4.78, 5) is 0.0887. The van der Waals surface area contributed by atoms with Crippen molar-refractivity contribution in [1.29, 1.82) is 5.26 Å². The lowest BCUT2D eigenvalue weighted by Crippen LogP contribution is -2.16. The van der Waals surface area contributed by atoms with Crippen LogP contribution >= 0.6 is 15.9 Å². The van der Waals surface area contributed by atoms with Crippen LogP contribution in [0.15, 0.2) is 27.6 Å². The molecule has 0 bridgehead atoms. The lowest BCUT2D eigenvalue weighted by molar-refractivity contribution is 0.591. The Morgan fingerprint density at radius 3 is 2.60 bits per heavy atom. The summed E-state index contributed by atoms with van der Waals surface area (Å²) in [5.74, 6) is 0. The summed E-state index contributed by atoms with van der Waals surface area (Å²) in [5, 5.41) is 7.54. The van der Waals surface area contributed by atoms with E-state index < -0.39 is 15.1 Å².